The van der Waals surface area contributed by atoms with Crippen molar-refractivity contribution in [2.24, 2.45) is 0 Å². The molecule has 0 unspecified atom stereocenters. The van der Waals surface area contributed by atoms with E-state index in [1.54, 1.807) is 12.1 Å². The molecule has 5 rings (SSSR count). The minimum absolute atomic E-state index is 0.154. The maximum absolute atomic E-state index is 13.3. The molecular weight excluding hydrogens is 400 g/mol. The Morgan fingerprint density at radius 1 is 1.19 bits per heavy atom. The quantitative estimate of drug-likeness (QED) is 0.511. The summed E-state index contributed by atoms with van der Waals surface area (Å²) in [5, 5.41) is 16.7. The summed E-state index contributed by atoms with van der Waals surface area (Å²) in [5.41, 5.74) is 5.85. The number of nitrogens with one attached hydrogen (secondary N) is 1. The molecule has 4 aromatic rings. The molecule has 3 heterocycles. The van der Waals surface area contributed by atoms with Gasteiger partial charge in [0.1, 0.15) is 11.8 Å². The predicted molar refractivity (Wildman–Crippen MR) is 122 cm³/mol. The molecule has 0 atom stereocenters. The van der Waals surface area contributed by atoms with Crippen LogP contribution in [0, 0.1) is 11.3 Å². The van der Waals surface area contributed by atoms with Gasteiger partial charge in [0.05, 0.1) is 17.3 Å². The van der Waals surface area contributed by atoms with Gasteiger partial charge in [-0.3, -0.25) is 4.79 Å². The molecule has 0 aliphatic heterocycles. The van der Waals surface area contributed by atoms with Crippen molar-refractivity contribution in [2.45, 2.75) is 25.4 Å². The van der Waals surface area contributed by atoms with Gasteiger partial charge in [0, 0.05) is 36.2 Å². The van der Waals surface area contributed by atoms with Crippen LogP contribution in [0.15, 0.2) is 67.1 Å². The fourth-order valence-electron chi connectivity index (χ4n) is 3.88. The van der Waals surface area contributed by atoms with Crippen LogP contribution in [0.4, 0.5) is 5.69 Å². The second kappa shape index (κ2) is 8.25. The van der Waals surface area contributed by atoms with E-state index in [9.17, 15) is 4.79 Å². The van der Waals surface area contributed by atoms with Crippen LogP contribution in [0.25, 0.3) is 16.6 Å². The highest BCUT2D eigenvalue weighted by Crippen LogP contribution is 2.35. The van der Waals surface area contributed by atoms with Gasteiger partial charge in [-0.1, -0.05) is 24.3 Å². The second-order valence-corrected chi connectivity index (χ2v) is 7.95. The smallest absolute Gasteiger partial charge is 0.277 e. The first-order valence-corrected chi connectivity index (χ1v) is 10.6. The first-order chi connectivity index (χ1) is 15.7. The van der Waals surface area contributed by atoms with Gasteiger partial charge in [0.25, 0.3) is 5.91 Å². The molecule has 1 amide bonds. The van der Waals surface area contributed by atoms with Crippen LogP contribution in [0.2, 0.25) is 0 Å². The molecule has 1 aliphatic rings. The number of amides is 1. The van der Waals surface area contributed by atoms with E-state index >= 15 is 0 Å². The summed E-state index contributed by atoms with van der Waals surface area (Å²) < 4.78 is 1.83. The van der Waals surface area contributed by atoms with Gasteiger partial charge in [-0.15, -0.1) is 0 Å². The standard InChI is InChI=1S/C25H22N6O/c1-27-14-17-2-5-19(6-3-17)22-16-29-30-11-10-21(12-24(22)30)31(20-7-8-20)25(32)23-9-4-18(13-26)15-28-23/h2-6,9-12,15-16,20,27H,7-8,14H2,1H3. The molecule has 0 bridgehead atoms. The largest absolute Gasteiger partial charge is 0.316 e. The Kier molecular flexibility index (Phi) is 5.13. The van der Waals surface area contributed by atoms with Crippen molar-refractivity contribution in [3.63, 3.8) is 0 Å². The van der Waals surface area contributed by atoms with E-state index in [4.69, 9.17) is 5.26 Å². The van der Waals surface area contributed by atoms with E-state index in [1.807, 2.05) is 47.1 Å². The number of aromatic nitrogens is 3. The van der Waals surface area contributed by atoms with E-state index < -0.39 is 0 Å². The third-order valence-electron chi connectivity index (χ3n) is 5.67. The number of benzene rings is 1. The number of carbonyl (C=O) groups excluding carboxylic acids is 1. The van der Waals surface area contributed by atoms with Crippen molar-refractivity contribution in [3.8, 4) is 17.2 Å². The van der Waals surface area contributed by atoms with Crippen molar-refractivity contribution in [2.75, 3.05) is 11.9 Å². The molecule has 0 spiro atoms. The Bertz CT molecular complexity index is 1310. The number of pyridine rings is 2. The lowest BCUT2D eigenvalue weighted by atomic mass is 10.0. The van der Waals surface area contributed by atoms with Gasteiger partial charge in [-0.2, -0.15) is 10.4 Å². The van der Waals surface area contributed by atoms with Crippen molar-refractivity contribution in [3.05, 3.63) is 83.9 Å². The average Bonchev–Trinajstić information content (AvgIpc) is 3.58. The van der Waals surface area contributed by atoms with Crippen molar-refractivity contribution in [1.82, 2.24) is 19.9 Å². The lowest BCUT2D eigenvalue weighted by molar-refractivity contribution is 0.0980. The molecular formula is C25H22N6O. The van der Waals surface area contributed by atoms with E-state index in [1.165, 1.54) is 11.8 Å². The van der Waals surface area contributed by atoms with Crippen LogP contribution in [0.5, 0.6) is 0 Å². The fraction of sp³-hybridized carbons (Fsp3) is 0.200. The number of nitrogens with zero attached hydrogens (tertiary/aromatic N) is 5. The molecule has 0 radical (unpaired) electrons. The average molecular weight is 422 g/mol. The third-order valence-corrected chi connectivity index (χ3v) is 5.67. The monoisotopic (exact) mass is 422 g/mol. The van der Waals surface area contributed by atoms with Gasteiger partial charge in [-0.05, 0) is 55.3 Å². The fourth-order valence-corrected chi connectivity index (χ4v) is 3.88. The lowest BCUT2D eigenvalue weighted by Crippen LogP contribution is -2.33. The van der Waals surface area contributed by atoms with Gasteiger partial charge in [-0.25, -0.2) is 9.50 Å². The molecule has 1 N–H and O–H groups in total. The zero-order valence-electron chi connectivity index (χ0n) is 17.7. The third kappa shape index (κ3) is 3.72. The van der Waals surface area contributed by atoms with Crippen LogP contribution in [0.1, 0.15) is 34.5 Å². The highest BCUT2D eigenvalue weighted by Gasteiger charge is 2.35. The van der Waals surface area contributed by atoms with E-state index in [2.05, 4.69) is 39.7 Å². The summed E-state index contributed by atoms with van der Waals surface area (Å²) in [6.07, 6.45) is 7.11. The van der Waals surface area contributed by atoms with Gasteiger partial charge in [0.15, 0.2) is 0 Å². The molecule has 7 heteroatoms. The van der Waals surface area contributed by atoms with Crippen LogP contribution in [-0.4, -0.2) is 33.6 Å². The molecule has 7 nitrogen and oxygen atoms in total. The van der Waals surface area contributed by atoms with Crippen molar-refractivity contribution in [1.29, 1.82) is 5.26 Å². The van der Waals surface area contributed by atoms with Gasteiger partial charge >= 0.3 is 0 Å². The second-order valence-electron chi connectivity index (χ2n) is 7.95. The van der Waals surface area contributed by atoms with Crippen LogP contribution in [0.3, 0.4) is 0 Å². The topological polar surface area (TPSA) is 86.3 Å². The Balaban J connectivity index is 1.51. The van der Waals surface area contributed by atoms with Crippen LogP contribution in [-0.2, 0) is 6.54 Å². The maximum Gasteiger partial charge on any atom is 0.277 e. The number of rotatable bonds is 6. The minimum atomic E-state index is -0.154. The lowest BCUT2D eigenvalue weighted by Gasteiger charge is -2.22. The van der Waals surface area contributed by atoms with Crippen LogP contribution >= 0.6 is 0 Å². The summed E-state index contributed by atoms with van der Waals surface area (Å²) in [6.45, 7) is 0.820. The summed E-state index contributed by atoms with van der Waals surface area (Å²) in [5.74, 6) is -0.154. The summed E-state index contributed by atoms with van der Waals surface area (Å²) >= 11 is 0. The molecule has 1 saturated carbocycles. The number of hydrogen-bond acceptors (Lipinski definition) is 5. The zero-order valence-corrected chi connectivity index (χ0v) is 17.7. The summed E-state index contributed by atoms with van der Waals surface area (Å²) in [7, 11) is 1.93. The number of fused-ring (bicyclic) bond motifs is 1. The number of carbonyl (C=O) groups is 1. The molecule has 32 heavy (non-hydrogen) atoms. The van der Waals surface area contributed by atoms with Crippen LogP contribution < -0.4 is 10.2 Å². The van der Waals surface area contributed by atoms with E-state index in [-0.39, 0.29) is 11.9 Å². The Labute approximate surface area is 185 Å². The molecule has 1 fully saturated rings. The summed E-state index contributed by atoms with van der Waals surface area (Å²) in [4.78, 5) is 19.3. The first kappa shape index (κ1) is 19.9. The Morgan fingerprint density at radius 2 is 2.00 bits per heavy atom. The minimum Gasteiger partial charge on any atom is -0.316 e. The molecule has 3 aromatic heterocycles. The van der Waals surface area contributed by atoms with E-state index in [0.717, 1.165) is 41.7 Å². The number of nitriles is 1. The molecule has 1 aliphatic carbocycles. The van der Waals surface area contributed by atoms with Gasteiger partial charge in [0.2, 0.25) is 0 Å². The first-order valence-electron chi connectivity index (χ1n) is 10.6. The van der Waals surface area contributed by atoms with E-state index in [0.29, 0.717) is 11.3 Å². The maximum atomic E-state index is 13.3. The number of anilines is 1. The molecule has 0 saturated heterocycles. The highest BCUT2D eigenvalue weighted by atomic mass is 16.2. The van der Waals surface area contributed by atoms with Gasteiger partial charge < -0.3 is 10.2 Å². The number of hydrogen-bond donors (Lipinski definition) is 1. The van der Waals surface area contributed by atoms with Crippen molar-refractivity contribution < 1.29 is 4.79 Å². The predicted octanol–water partition coefficient (Wildman–Crippen LogP) is 3.80. The summed E-state index contributed by atoms with van der Waals surface area (Å²) in [6, 6.07) is 17.8. The molecule has 1 aromatic carbocycles. The zero-order chi connectivity index (χ0) is 22.1. The SMILES string of the molecule is CNCc1ccc(-c2cnn3ccc(N(C(=O)c4ccc(C#N)cn4)C4CC4)cc23)cc1. The Morgan fingerprint density at radius 3 is 2.66 bits per heavy atom. The van der Waals surface area contributed by atoms with Crippen molar-refractivity contribution >= 4 is 17.1 Å². The Hall–Kier alpha value is -4.02. The molecule has 158 valence electrons. The highest BCUT2D eigenvalue weighted by molar-refractivity contribution is 6.06. The normalized spacial score (nSPS) is 13.1.